The van der Waals surface area contributed by atoms with Crippen LogP contribution < -0.4 is 4.74 Å². The third-order valence-electron chi connectivity index (χ3n) is 6.25. The van der Waals surface area contributed by atoms with Gasteiger partial charge in [-0.3, -0.25) is 0 Å². The molecule has 1 aromatic heterocycles. The van der Waals surface area contributed by atoms with Crippen LogP contribution in [0.4, 0.5) is 4.39 Å². The number of nitrogens with zero attached hydrogens (tertiary/aromatic N) is 3. The summed E-state index contributed by atoms with van der Waals surface area (Å²) in [4.78, 5) is 6.65. The lowest BCUT2D eigenvalue weighted by Crippen LogP contribution is -2.45. The van der Waals surface area contributed by atoms with Crippen LogP contribution in [0.5, 0.6) is 5.88 Å². The maximum absolute atomic E-state index is 14.0. The van der Waals surface area contributed by atoms with Gasteiger partial charge in [0, 0.05) is 24.3 Å². The fourth-order valence-electron chi connectivity index (χ4n) is 4.66. The van der Waals surface area contributed by atoms with Gasteiger partial charge in [0.25, 0.3) is 0 Å². The number of fused-ring (bicyclic) bond motifs is 1. The number of amidine groups is 1. The van der Waals surface area contributed by atoms with Crippen molar-refractivity contribution in [2.24, 2.45) is 17.0 Å². The molecule has 1 saturated heterocycles. The van der Waals surface area contributed by atoms with Crippen molar-refractivity contribution >= 4 is 5.84 Å². The van der Waals surface area contributed by atoms with E-state index in [1.165, 1.54) is 31.7 Å². The number of likely N-dealkylation sites (tertiary alicyclic amines) is 1. The molecule has 1 aromatic carbocycles. The molecule has 0 radical (unpaired) electrons. The Bertz CT molecular complexity index is 886. The van der Waals surface area contributed by atoms with Crippen LogP contribution in [-0.2, 0) is 6.61 Å². The van der Waals surface area contributed by atoms with Gasteiger partial charge in [0.05, 0.1) is 5.56 Å². The molecule has 2 atom stereocenters. The van der Waals surface area contributed by atoms with E-state index in [0.29, 0.717) is 28.8 Å². The number of hydrogen-bond donors (Lipinski definition) is 1. The predicted octanol–water partition coefficient (Wildman–Crippen LogP) is 4.76. The van der Waals surface area contributed by atoms with Gasteiger partial charge in [-0.15, -0.1) is 0 Å². The largest absolute Gasteiger partial charge is 0.472 e. The summed E-state index contributed by atoms with van der Waals surface area (Å²) in [6, 6.07) is 10.3. The number of hydrogen-bond acceptors (Lipinski definition) is 4. The Hall–Kier alpha value is -2.63. The SMILES string of the molecule is Cc1ccc(/C(=N/O)N2CCC3CCCCC3C2)c(OCc2ccccc2F)n1. The van der Waals surface area contributed by atoms with Gasteiger partial charge >= 0.3 is 0 Å². The van der Waals surface area contributed by atoms with Gasteiger partial charge in [-0.1, -0.05) is 42.6 Å². The third-order valence-corrected chi connectivity index (χ3v) is 6.25. The molecule has 0 bridgehead atoms. The highest BCUT2D eigenvalue weighted by Crippen LogP contribution is 2.37. The summed E-state index contributed by atoms with van der Waals surface area (Å²) in [6.45, 7) is 3.70. The van der Waals surface area contributed by atoms with Gasteiger partial charge in [0.1, 0.15) is 12.4 Å². The Morgan fingerprint density at radius 2 is 1.97 bits per heavy atom. The van der Waals surface area contributed by atoms with E-state index in [1.807, 2.05) is 19.1 Å². The number of pyridine rings is 1. The monoisotopic (exact) mass is 397 g/mol. The second-order valence-corrected chi connectivity index (χ2v) is 8.15. The van der Waals surface area contributed by atoms with Crippen LogP contribution in [-0.4, -0.2) is 34.0 Å². The normalized spacial score (nSPS) is 22.3. The van der Waals surface area contributed by atoms with E-state index in [-0.39, 0.29) is 12.4 Å². The zero-order valence-corrected chi connectivity index (χ0v) is 16.9. The van der Waals surface area contributed by atoms with Crippen LogP contribution in [0.15, 0.2) is 41.6 Å². The molecule has 154 valence electrons. The summed E-state index contributed by atoms with van der Waals surface area (Å²) in [6.07, 6.45) is 6.28. The Balaban J connectivity index is 1.55. The standard InChI is InChI=1S/C23H28FN3O2/c1-16-10-11-20(23(25-16)29-15-19-8-4-5-9-21(19)24)22(26-28)27-13-12-17-6-2-3-7-18(17)14-27/h4-5,8-11,17-18,28H,2-3,6-7,12-15H2,1H3/b26-22-. The Morgan fingerprint density at radius 1 is 1.17 bits per heavy atom. The molecule has 1 aliphatic carbocycles. The van der Waals surface area contributed by atoms with E-state index in [1.54, 1.807) is 18.2 Å². The lowest BCUT2D eigenvalue weighted by molar-refractivity contribution is 0.127. The van der Waals surface area contributed by atoms with Gasteiger partial charge in [-0.25, -0.2) is 9.37 Å². The minimum absolute atomic E-state index is 0.0690. The summed E-state index contributed by atoms with van der Waals surface area (Å²) < 4.78 is 19.9. The van der Waals surface area contributed by atoms with Crippen molar-refractivity contribution in [3.63, 3.8) is 0 Å². The number of benzene rings is 1. The highest BCUT2D eigenvalue weighted by Gasteiger charge is 2.33. The molecule has 29 heavy (non-hydrogen) atoms. The first-order valence-electron chi connectivity index (χ1n) is 10.5. The van der Waals surface area contributed by atoms with E-state index in [9.17, 15) is 9.60 Å². The van der Waals surface area contributed by atoms with Crippen LogP contribution in [0.3, 0.4) is 0 Å². The van der Waals surface area contributed by atoms with Crippen molar-refractivity contribution in [3.8, 4) is 5.88 Å². The third kappa shape index (κ3) is 4.36. The minimum Gasteiger partial charge on any atom is -0.472 e. The summed E-state index contributed by atoms with van der Waals surface area (Å²) >= 11 is 0. The molecule has 0 amide bonds. The summed E-state index contributed by atoms with van der Waals surface area (Å²) in [5, 5.41) is 13.5. The first kappa shape index (κ1) is 19.7. The lowest BCUT2D eigenvalue weighted by Gasteiger charge is -2.42. The van der Waals surface area contributed by atoms with Gasteiger partial charge in [-0.05, 0) is 49.8 Å². The van der Waals surface area contributed by atoms with Crippen LogP contribution >= 0.6 is 0 Å². The number of rotatable bonds is 4. The fraction of sp³-hybridized carbons (Fsp3) is 0.478. The summed E-state index contributed by atoms with van der Waals surface area (Å²) in [7, 11) is 0. The Kier molecular flexibility index (Phi) is 5.97. The van der Waals surface area contributed by atoms with E-state index >= 15 is 0 Å². The summed E-state index contributed by atoms with van der Waals surface area (Å²) in [5.41, 5.74) is 1.90. The van der Waals surface area contributed by atoms with Crippen molar-refractivity contribution in [3.05, 3.63) is 59.0 Å². The molecule has 1 N–H and O–H groups in total. The first-order chi connectivity index (χ1) is 14.2. The van der Waals surface area contributed by atoms with Gasteiger partial charge in [-0.2, -0.15) is 0 Å². The topological polar surface area (TPSA) is 58.0 Å². The molecular formula is C23H28FN3O2. The van der Waals surface area contributed by atoms with Crippen molar-refractivity contribution < 1.29 is 14.3 Å². The Morgan fingerprint density at radius 3 is 2.76 bits per heavy atom. The molecule has 4 rings (SSSR count). The molecule has 2 unspecified atom stereocenters. The molecule has 0 spiro atoms. The predicted molar refractivity (Wildman–Crippen MR) is 110 cm³/mol. The van der Waals surface area contributed by atoms with Crippen LogP contribution in [0.25, 0.3) is 0 Å². The fourth-order valence-corrected chi connectivity index (χ4v) is 4.66. The number of piperidine rings is 1. The second-order valence-electron chi connectivity index (χ2n) is 8.15. The van der Waals surface area contributed by atoms with E-state index < -0.39 is 0 Å². The molecule has 5 nitrogen and oxygen atoms in total. The number of ether oxygens (including phenoxy) is 1. The molecule has 6 heteroatoms. The molecular weight excluding hydrogens is 369 g/mol. The van der Waals surface area contributed by atoms with Gasteiger partial charge in [0.15, 0.2) is 5.84 Å². The van der Waals surface area contributed by atoms with Crippen molar-refractivity contribution in [1.82, 2.24) is 9.88 Å². The number of halogens is 1. The smallest absolute Gasteiger partial charge is 0.225 e. The zero-order chi connectivity index (χ0) is 20.2. The lowest BCUT2D eigenvalue weighted by atomic mass is 9.75. The van der Waals surface area contributed by atoms with Gasteiger partial charge < -0.3 is 14.8 Å². The number of aryl methyl sites for hydroxylation is 1. The highest BCUT2D eigenvalue weighted by molar-refractivity contribution is 6.00. The maximum Gasteiger partial charge on any atom is 0.225 e. The molecule has 1 saturated carbocycles. The molecule has 2 aromatic rings. The Labute approximate surface area is 171 Å². The van der Waals surface area contributed by atoms with Crippen molar-refractivity contribution in [2.75, 3.05) is 13.1 Å². The zero-order valence-electron chi connectivity index (χ0n) is 16.9. The average molecular weight is 397 g/mol. The van der Waals surface area contributed by atoms with Crippen LogP contribution in [0, 0.1) is 24.6 Å². The van der Waals surface area contributed by atoms with Crippen LogP contribution in [0.2, 0.25) is 0 Å². The molecule has 2 fully saturated rings. The van der Waals surface area contributed by atoms with Crippen molar-refractivity contribution in [1.29, 1.82) is 0 Å². The van der Waals surface area contributed by atoms with Crippen LogP contribution in [0.1, 0.15) is 48.9 Å². The highest BCUT2D eigenvalue weighted by atomic mass is 19.1. The first-order valence-corrected chi connectivity index (χ1v) is 10.5. The number of aromatic nitrogens is 1. The van der Waals surface area contributed by atoms with E-state index in [4.69, 9.17) is 4.74 Å². The molecule has 1 aliphatic heterocycles. The minimum atomic E-state index is -0.308. The van der Waals surface area contributed by atoms with Crippen molar-refractivity contribution in [2.45, 2.75) is 45.6 Å². The molecule has 2 aliphatic rings. The average Bonchev–Trinajstić information content (AvgIpc) is 2.75. The molecule has 2 heterocycles. The van der Waals surface area contributed by atoms with E-state index in [0.717, 1.165) is 31.1 Å². The second kappa shape index (κ2) is 8.80. The summed E-state index contributed by atoms with van der Waals surface area (Å²) in [5.74, 6) is 1.98. The van der Waals surface area contributed by atoms with Gasteiger partial charge in [0.2, 0.25) is 5.88 Å². The maximum atomic E-state index is 14.0. The van der Waals surface area contributed by atoms with E-state index in [2.05, 4.69) is 15.0 Å². The quantitative estimate of drug-likeness (QED) is 0.350. The number of oxime groups is 1.